The minimum atomic E-state index is -0.273. The summed E-state index contributed by atoms with van der Waals surface area (Å²) in [5.41, 5.74) is 0.938. The molecule has 1 unspecified atom stereocenters. The van der Waals surface area contributed by atoms with Crippen LogP contribution in [0.4, 0.5) is 4.39 Å². The normalized spacial score (nSPS) is 12.7. The minimum Gasteiger partial charge on any atom is -0.307 e. The zero-order valence-corrected chi connectivity index (χ0v) is 11.8. The van der Waals surface area contributed by atoms with Crippen LogP contribution in [0.1, 0.15) is 24.4 Å². The molecule has 0 bridgehead atoms. The van der Waals surface area contributed by atoms with Crippen LogP contribution in [-0.4, -0.2) is 21.8 Å². The molecular weight excluding hydrogens is 299 g/mol. The van der Waals surface area contributed by atoms with Crippen molar-refractivity contribution >= 4 is 15.9 Å². The molecule has 2 aromatic rings. The second-order valence-corrected chi connectivity index (χ2v) is 4.68. The maximum Gasteiger partial charge on any atom is 0.148 e. The van der Waals surface area contributed by atoms with E-state index in [-0.39, 0.29) is 11.9 Å². The molecule has 0 aliphatic heterocycles. The van der Waals surface area contributed by atoms with Crippen LogP contribution in [0.3, 0.4) is 0 Å². The number of aryl methyl sites for hydroxylation is 1. The third-order valence-electron chi connectivity index (χ3n) is 2.77. The van der Waals surface area contributed by atoms with Crippen LogP contribution in [0.2, 0.25) is 0 Å². The summed E-state index contributed by atoms with van der Waals surface area (Å²) in [6.07, 6.45) is 1.53. The van der Waals surface area contributed by atoms with Crippen molar-refractivity contribution in [1.29, 1.82) is 0 Å². The van der Waals surface area contributed by atoms with E-state index in [0.717, 1.165) is 17.9 Å². The lowest BCUT2D eigenvalue weighted by atomic mass is 10.1. The summed E-state index contributed by atoms with van der Waals surface area (Å²) in [5.74, 6) is 0.545. The Morgan fingerprint density at radius 3 is 2.89 bits per heavy atom. The lowest BCUT2D eigenvalue weighted by Crippen LogP contribution is -2.22. The van der Waals surface area contributed by atoms with Gasteiger partial charge in [-0.15, -0.1) is 0 Å². The minimum absolute atomic E-state index is 0.107. The van der Waals surface area contributed by atoms with Crippen molar-refractivity contribution < 1.29 is 4.39 Å². The predicted molar refractivity (Wildman–Crippen MR) is 70.7 cm³/mol. The van der Waals surface area contributed by atoms with Crippen LogP contribution in [0.5, 0.6) is 0 Å². The highest BCUT2D eigenvalue weighted by Gasteiger charge is 2.18. The Bertz CT molecular complexity index is 541. The van der Waals surface area contributed by atoms with Crippen molar-refractivity contribution in [2.24, 2.45) is 0 Å². The molecular formula is C12H14BrFN4. The van der Waals surface area contributed by atoms with E-state index >= 15 is 0 Å². The zero-order chi connectivity index (χ0) is 13.1. The average molecular weight is 313 g/mol. The Hall–Kier alpha value is -1.27. The summed E-state index contributed by atoms with van der Waals surface area (Å²) in [6, 6.07) is 4.83. The third-order valence-corrected chi connectivity index (χ3v) is 3.38. The molecule has 2 rings (SSSR count). The SMILES string of the molecule is CCn1ncnc1C(NC)c1ccc(F)c(Br)c1. The largest absolute Gasteiger partial charge is 0.307 e. The van der Waals surface area contributed by atoms with Gasteiger partial charge in [0.15, 0.2) is 0 Å². The van der Waals surface area contributed by atoms with E-state index < -0.39 is 0 Å². The number of benzene rings is 1. The van der Waals surface area contributed by atoms with Gasteiger partial charge in [-0.3, -0.25) is 0 Å². The molecule has 0 fully saturated rings. The van der Waals surface area contributed by atoms with Gasteiger partial charge in [-0.1, -0.05) is 6.07 Å². The number of nitrogens with zero attached hydrogens (tertiary/aromatic N) is 3. The van der Waals surface area contributed by atoms with E-state index in [1.165, 1.54) is 12.4 Å². The molecule has 18 heavy (non-hydrogen) atoms. The standard InChI is InChI=1S/C12H14BrFN4/c1-3-18-12(16-7-17-18)11(15-2)8-4-5-10(14)9(13)6-8/h4-7,11,15H,3H2,1-2H3. The van der Waals surface area contributed by atoms with E-state index in [0.29, 0.717) is 4.47 Å². The molecule has 0 radical (unpaired) electrons. The summed E-state index contributed by atoms with van der Waals surface area (Å²) >= 11 is 3.20. The van der Waals surface area contributed by atoms with Crippen LogP contribution >= 0.6 is 15.9 Å². The number of hydrogen-bond acceptors (Lipinski definition) is 3. The Balaban J connectivity index is 2.42. The number of halogens is 2. The molecule has 0 saturated heterocycles. The van der Waals surface area contributed by atoms with Gasteiger partial charge in [0.2, 0.25) is 0 Å². The van der Waals surface area contributed by atoms with Gasteiger partial charge in [0.05, 0.1) is 10.5 Å². The molecule has 0 amide bonds. The summed E-state index contributed by atoms with van der Waals surface area (Å²) in [6.45, 7) is 2.75. The summed E-state index contributed by atoms with van der Waals surface area (Å²) < 4.78 is 15.5. The topological polar surface area (TPSA) is 42.7 Å². The molecule has 0 spiro atoms. The maximum absolute atomic E-state index is 13.3. The van der Waals surface area contributed by atoms with Crippen LogP contribution in [0.15, 0.2) is 29.0 Å². The molecule has 6 heteroatoms. The average Bonchev–Trinajstić information content (AvgIpc) is 2.83. The van der Waals surface area contributed by atoms with Crippen molar-refractivity contribution in [3.05, 3.63) is 46.2 Å². The van der Waals surface area contributed by atoms with Gasteiger partial charge in [-0.2, -0.15) is 5.10 Å². The molecule has 0 aliphatic rings. The van der Waals surface area contributed by atoms with Crippen molar-refractivity contribution in [2.75, 3.05) is 7.05 Å². The van der Waals surface area contributed by atoms with Gasteiger partial charge in [0.1, 0.15) is 18.0 Å². The number of hydrogen-bond donors (Lipinski definition) is 1. The van der Waals surface area contributed by atoms with E-state index in [1.807, 2.05) is 18.7 Å². The quantitative estimate of drug-likeness (QED) is 0.943. The van der Waals surface area contributed by atoms with E-state index in [2.05, 4.69) is 31.3 Å². The highest BCUT2D eigenvalue weighted by atomic mass is 79.9. The predicted octanol–water partition coefficient (Wildman–Crippen LogP) is 2.51. The molecule has 0 saturated carbocycles. The fourth-order valence-corrected chi connectivity index (χ4v) is 2.27. The van der Waals surface area contributed by atoms with Crippen LogP contribution in [0, 0.1) is 5.82 Å². The number of rotatable bonds is 4. The Labute approximate surface area is 113 Å². The highest BCUT2D eigenvalue weighted by molar-refractivity contribution is 9.10. The van der Waals surface area contributed by atoms with Gasteiger partial charge in [0.25, 0.3) is 0 Å². The van der Waals surface area contributed by atoms with Crippen molar-refractivity contribution in [1.82, 2.24) is 20.1 Å². The van der Waals surface area contributed by atoms with Gasteiger partial charge >= 0.3 is 0 Å². The van der Waals surface area contributed by atoms with E-state index in [1.54, 1.807) is 12.1 Å². The van der Waals surface area contributed by atoms with E-state index in [4.69, 9.17) is 0 Å². The second kappa shape index (κ2) is 5.58. The first-order valence-electron chi connectivity index (χ1n) is 5.67. The van der Waals surface area contributed by atoms with Crippen molar-refractivity contribution in [3.8, 4) is 0 Å². The van der Waals surface area contributed by atoms with Crippen molar-refractivity contribution in [2.45, 2.75) is 19.5 Å². The summed E-state index contributed by atoms with van der Waals surface area (Å²) in [7, 11) is 1.84. The third kappa shape index (κ3) is 2.44. The second-order valence-electron chi connectivity index (χ2n) is 3.83. The van der Waals surface area contributed by atoms with Crippen molar-refractivity contribution in [3.63, 3.8) is 0 Å². The molecule has 1 aromatic carbocycles. The fraction of sp³-hybridized carbons (Fsp3) is 0.333. The summed E-state index contributed by atoms with van der Waals surface area (Å²) in [5, 5.41) is 7.32. The number of aromatic nitrogens is 3. The molecule has 4 nitrogen and oxygen atoms in total. The zero-order valence-electron chi connectivity index (χ0n) is 10.2. The maximum atomic E-state index is 13.3. The van der Waals surface area contributed by atoms with Crippen LogP contribution in [-0.2, 0) is 6.54 Å². The van der Waals surface area contributed by atoms with E-state index in [9.17, 15) is 4.39 Å². The lowest BCUT2D eigenvalue weighted by Gasteiger charge is -2.17. The first-order chi connectivity index (χ1) is 8.67. The first kappa shape index (κ1) is 13.2. The van der Waals surface area contributed by atoms with Gasteiger partial charge in [-0.25, -0.2) is 14.1 Å². The Morgan fingerprint density at radius 2 is 2.28 bits per heavy atom. The summed E-state index contributed by atoms with van der Waals surface area (Å²) in [4.78, 5) is 4.27. The van der Waals surface area contributed by atoms with Gasteiger partial charge in [0, 0.05) is 6.54 Å². The molecule has 0 aliphatic carbocycles. The smallest absolute Gasteiger partial charge is 0.148 e. The van der Waals surface area contributed by atoms with Crippen LogP contribution in [0.25, 0.3) is 0 Å². The van der Waals surface area contributed by atoms with Crippen LogP contribution < -0.4 is 5.32 Å². The Morgan fingerprint density at radius 1 is 1.50 bits per heavy atom. The monoisotopic (exact) mass is 312 g/mol. The Kier molecular flexibility index (Phi) is 4.08. The highest BCUT2D eigenvalue weighted by Crippen LogP contribution is 2.24. The first-order valence-corrected chi connectivity index (χ1v) is 6.46. The molecule has 1 atom stereocenters. The molecule has 96 valence electrons. The fourth-order valence-electron chi connectivity index (χ4n) is 1.88. The molecule has 1 N–H and O–H groups in total. The molecule has 1 heterocycles. The lowest BCUT2D eigenvalue weighted by molar-refractivity contribution is 0.550. The van der Waals surface area contributed by atoms with Gasteiger partial charge < -0.3 is 5.32 Å². The number of nitrogens with one attached hydrogen (secondary N) is 1. The molecule has 1 aromatic heterocycles. The van der Waals surface area contributed by atoms with Gasteiger partial charge in [-0.05, 0) is 47.6 Å².